The molecule has 0 spiro atoms. The van der Waals surface area contributed by atoms with E-state index in [4.69, 9.17) is 16.6 Å². The summed E-state index contributed by atoms with van der Waals surface area (Å²) in [6.07, 6.45) is 2.40. The van der Waals surface area contributed by atoms with Crippen LogP contribution in [0, 0.1) is 11.7 Å². The Labute approximate surface area is 184 Å². The first kappa shape index (κ1) is 19.9. The van der Waals surface area contributed by atoms with Gasteiger partial charge in [0.15, 0.2) is 0 Å². The van der Waals surface area contributed by atoms with Crippen LogP contribution in [-0.2, 0) is 10.5 Å². The van der Waals surface area contributed by atoms with Crippen molar-refractivity contribution < 1.29 is 14.0 Å². The van der Waals surface area contributed by atoms with E-state index in [1.807, 2.05) is 25.1 Å². The first-order valence-corrected chi connectivity index (χ1v) is 10.7. The summed E-state index contributed by atoms with van der Waals surface area (Å²) in [5.41, 5.74) is 1.56. The Morgan fingerprint density at radius 2 is 1.84 bits per heavy atom. The second-order valence-electron chi connectivity index (χ2n) is 8.27. The molecule has 31 heavy (non-hydrogen) atoms. The Kier molecular flexibility index (Phi) is 4.70. The summed E-state index contributed by atoms with van der Waals surface area (Å²) in [7, 11) is 0. The molecule has 2 saturated heterocycles. The number of hydrogen-bond donors (Lipinski definition) is 0. The summed E-state index contributed by atoms with van der Waals surface area (Å²) in [5.74, 6) is -0.561. The van der Waals surface area contributed by atoms with E-state index >= 15 is 0 Å². The molecule has 2 fully saturated rings. The van der Waals surface area contributed by atoms with Gasteiger partial charge < -0.3 is 9.80 Å². The second kappa shape index (κ2) is 7.31. The highest BCUT2D eigenvalue weighted by atomic mass is 35.5. The van der Waals surface area contributed by atoms with Crippen molar-refractivity contribution >= 4 is 29.1 Å². The molecule has 0 aromatic heterocycles. The number of hydrogen-bond acceptors (Lipinski definition) is 3. The molecule has 0 bridgehead atoms. The molecule has 2 atom stereocenters. The van der Waals surface area contributed by atoms with Gasteiger partial charge >= 0.3 is 0 Å². The van der Waals surface area contributed by atoms with Gasteiger partial charge in [-0.05, 0) is 47.9 Å². The predicted octanol–water partition coefficient (Wildman–Crippen LogP) is 4.04. The number of nitrogens with zero attached hydrogens (tertiary/aromatic N) is 3. The molecule has 2 aromatic rings. The van der Waals surface area contributed by atoms with Crippen molar-refractivity contribution in [3.8, 4) is 0 Å². The zero-order chi connectivity index (χ0) is 21.8. The number of benzene rings is 2. The summed E-state index contributed by atoms with van der Waals surface area (Å²) in [4.78, 5) is 35.3. The molecular weight excluding hydrogens is 417 g/mol. The Hall–Kier alpha value is -2.99. The van der Waals surface area contributed by atoms with Gasteiger partial charge in [0, 0.05) is 36.6 Å². The minimum atomic E-state index is -0.996. The molecule has 0 radical (unpaired) electrons. The number of amides is 2. The van der Waals surface area contributed by atoms with Crippen LogP contribution in [0.4, 0.5) is 4.39 Å². The topological polar surface area (TPSA) is 53.0 Å². The van der Waals surface area contributed by atoms with Crippen LogP contribution in [-0.4, -0.2) is 47.0 Å². The number of halogens is 2. The van der Waals surface area contributed by atoms with E-state index in [9.17, 15) is 14.0 Å². The Balaban J connectivity index is 1.65. The highest BCUT2D eigenvalue weighted by Crippen LogP contribution is 2.46. The molecule has 0 saturated carbocycles. The molecule has 3 aliphatic heterocycles. The minimum absolute atomic E-state index is 0.110. The molecule has 3 aliphatic rings. The maximum absolute atomic E-state index is 13.6. The van der Waals surface area contributed by atoms with Crippen molar-refractivity contribution in [3.05, 3.63) is 82.1 Å². The van der Waals surface area contributed by atoms with E-state index in [0.29, 0.717) is 42.2 Å². The third-order valence-corrected chi connectivity index (χ3v) is 6.56. The van der Waals surface area contributed by atoms with E-state index in [1.165, 1.54) is 24.3 Å². The standard InChI is InChI=1S/C24H21ClFN3O2/c1-15-12-20-21(27-14-15)13-24(17-4-6-18(25)7-5-17)28(10-11-29(24)23(20)31)22(30)16-2-8-19(26)9-3-16/h2-9,12,15H,10-11,13-14H2,1H3. The van der Waals surface area contributed by atoms with Crippen molar-refractivity contribution in [2.45, 2.75) is 19.0 Å². The molecule has 0 aliphatic carbocycles. The normalized spacial score (nSPS) is 25.0. The summed E-state index contributed by atoms with van der Waals surface area (Å²) in [5, 5.41) is 0.577. The molecule has 7 heteroatoms. The van der Waals surface area contributed by atoms with Crippen LogP contribution < -0.4 is 0 Å². The van der Waals surface area contributed by atoms with Gasteiger partial charge in [-0.3, -0.25) is 14.6 Å². The number of aliphatic imine (C=N–C) groups is 1. The fourth-order valence-corrected chi connectivity index (χ4v) is 4.95. The van der Waals surface area contributed by atoms with E-state index in [2.05, 4.69) is 0 Å². The van der Waals surface area contributed by atoms with Crippen molar-refractivity contribution in [1.82, 2.24) is 9.80 Å². The van der Waals surface area contributed by atoms with Crippen LogP contribution in [0.2, 0.25) is 5.02 Å². The van der Waals surface area contributed by atoms with Gasteiger partial charge in [0.2, 0.25) is 0 Å². The lowest BCUT2D eigenvalue weighted by atomic mass is 9.82. The summed E-state index contributed by atoms with van der Waals surface area (Å²) >= 11 is 6.13. The van der Waals surface area contributed by atoms with Crippen molar-refractivity contribution in [2.75, 3.05) is 19.6 Å². The number of fused-ring (bicyclic) bond motifs is 2. The Bertz CT molecular complexity index is 1130. The minimum Gasteiger partial charge on any atom is -0.309 e. The Morgan fingerprint density at radius 3 is 2.55 bits per heavy atom. The predicted molar refractivity (Wildman–Crippen MR) is 116 cm³/mol. The zero-order valence-electron chi connectivity index (χ0n) is 17.0. The van der Waals surface area contributed by atoms with Gasteiger partial charge in [-0.25, -0.2) is 4.39 Å². The summed E-state index contributed by atoms with van der Waals surface area (Å²) in [6.45, 7) is 3.44. The van der Waals surface area contributed by atoms with Crippen LogP contribution in [0.3, 0.4) is 0 Å². The van der Waals surface area contributed by atoms with E-state index in [-0.39, 0.29) is 17.7 Å². The van der Waals surface area contributed by atoms with Crippen molar-refractivity contribution in [2.24, 2.45) is 10.9 Å². The maximum Gasteiger partial charge on any atom is 0.257 e. The van der Waals surface area contributed by atoms with Gasteiger partial charge in [-0.1, -0.05) is 36.7 Å². The van der Waals surface area contributed by atoms with Crippen LogP contribution in [0.15, 0.2) is 65.2 Å². The van der Waals surface area contributed by atoms with Gasteiger partial charge in [0.25, 0.3) is 11.8 Å². The molecule has 2 unspecified atom stereocenters. The third-order valence-electron chi connectivity index (χ3n) is 6.30. The molecule has 5 rings (SSSR count). The van der Waals surface area contributed by atoms with Gasteiger partial charge in [0.1, 0.15) is 11.5 Å². The van der Waals surface area contributed by atoms with Crippen LogP contribution >= 0.6 is 11.6 Å². The first-order valence-electron chi connectivity index (χ1n) is 10.3. The second-order valence-corrected chi connectivity index (χ2v) is 8.70. The average molecular weight is 438 g/mol. The van der Waals surface area contributed by atoms with E-state index < -0.39 is 11.5 Å². The highest BCUT2D eigenvalue weighted by Gasteiger charge is 2.57. The monoisotopic (exact) mass is 437 g/mol. The van der Waals surface area contributed by atoms with Gasteiger partial charge in [0.05, 0.1) is 11.3 Å². The number of carbonyl (C=O) groups excluding carboxylic acids is 2. The zero-order valence-corrected chi connectivity index (χ0v) is 17.8. The van der Waals surface area contributed by atoms with Crippen LogP contribution in [0.1, 0.15) is 29.3 Å². The smallest absolute Gasteiger partial charge is 0.257 e. The quantitative estimate of drug-likeness (QED) is 0.712. The molecule has 2 amide bonds. The third kappa shape index (κ3) is 3.08. The first-order chi connectivity index (χ1) is 14.9. The van der Waals surface area contributed by atoms with Gasteiger partial charge in [-0.15, -0.1) is 0 Å². The largest absolute Gasteiger partial charge is 0.309 e. The average Bonchev–Trinajstić information content (AvgIpc) is 3.15. The lowest BCUT2D eigenvalue weighted by molar-refractivity contribution is -0.135. The molecule has 0 N–H and O–H groups in total. The van der Waals surface area contributed by atoms with E-state index in [0.717, 1.165) is 11.3 Å². The maximum atomic E-state index is 13.6. The summed E-state index contributed by atoms with van der Waals surface area (Å²) in [6, 6.07) is 12.8. The molecule has 158 valence electrons. The molecular formula is C24H21ClFN3O2. The number of dihydropyridines is 1. The lowest BCUT2D eigenvalue weighted by Gasteiger charge is -2.48. The van der Waals surface area contributed by atoms with Crippen LogP contribution in [0.5, 0.6) is 0 Å². The van der Waals surface area contributed by atoms with Crippen molar-refractivity contribution in [3.63, 3.8) is 0 Å². The summed E-state index contributed by atoms with van der Waals surface area (Å²) < 4.78 is 13.4. The molecule has 5 nitrogen and oxygen atoms in total. The van der Waals surface area contributed by atoms with Gasteiger partial charge in [-0.2, -0.15) is 0 Å². The highest BCUT2D eigenvalue weighted by molar-refractivity contribution is 6.30. The van der Waals surface area contributed by atoms with Crippen LogP contribution in [0.25, 0.3) is 0 Å². The number of piperidine rings is 1. The fraction of sp³-hybridized carbons (Fsp3) is 0.292. The Morgan fingerprint density at radius 1 is 1.13 bits per heavy atom. The fourth-order valence-electron chi connectivity index (χ4n) is 4.82. The van der Waals surface area contributed by atoms with Crippen molar-refractivity contribution in [1.29, 1.82) is 0 Å². The number of rotatable bonds is 2. The molecule has 3 heterocycles. The molecule has 2 aromatic carbocycles. The SMILES string of the molecule is CC1C=C2C(=O)N3CCN(C(=O)c4ccc(F)cc4)C3(c3ccc(Cl)cc3)CC2=NC1. The lowest BCUT2D eigenvalue weighted by Crippen LogP contribution is -2.59. The number of carbonyl (C=O) groups is 2. The van der Waals surface area contributed by atoms with E-state index in [1.54, 1.807) is 21.9 Å².